The minimum absolute atomic E-state index is 0.0341. The van der Waals surface area contributed by atoms with Crippen LogP contribution in [0.15, 0.2) is 0 Å². The molecule has 2 fully saturated rings. The summed E-state index contributed by atoms with van der Waals surface area (Å²) in [6.45, 7) is 10.5. The van der Waals surface area contributed by atoms with Crippen molar-refractivity contribution < 1.29 is 9.53 Å². The van der Waals surface area contributed by atoms with E-state index in [4.69, 9.17) is 4.74 Å². The van der Waals surface area contributed by atoms with E-state index in [0.717, 1.165) is 6.42 Å². The zero-order chi connectivity index (χ0) is 11.5. The molecule has 2 unspecified atom stereocenters. The molecule has 0 saturated carbocycles. The van der Waals surface area contributed by atoms with Gasteiger partial charge in [-0.2, -0.15) is 0 Å². The molecule has 1 N–H and O–H groups in total. The molecule has 1 amide bonds. The van der Waals surface area contributed by atoms with E-state index in [1.807, 2.05) is 0 Å². The second kappa shape index (κ2) is 2.76. The maximum atomic E-state index is 11.5. The summed E-state index contributed by atoms with van der Waals surface area (Å²) in [5.74, 6) is 0.164. The molecule has 2 saturated heterocycles. The van der Waals surface area contributed by atoms with Gasteiger partial charge in [-0.25, -0.2) is 0 Å². The average Bonchev–Trinajstić information content (AvgIpc) is 2.31. The SMILES string of the molecule is CC1NC(=O)CC12CC(C)(C)OC2(C)C. The van der Waals surface area contributed by atoms with E-state index < -0.39 is 0 Å². The molecule has 0 aromatic heterocycles. The summed E-state index contributed by atoms with van der Waals surface area (Å²) >= 11 is 0. The average molecular weight is 211 g/mol. The van der Waals surface area contributed by atoms with E-state index >= 15 is 0 Å². The Morgan fingerprint density at radius 3 is 2.27 bits per heavy atom. The van der Waals surface area contributed by atoms with Crippen LogP contribution in [0.5, 0.6) is 0 Å². The van der Waals surface area contributed by atoms with Gasteiger partial charge in [-0.05, 0) is 41.0 Å². The third-order valence-corrected chi connectivity index (χ3v) is 4.15. The van der Waals surface area contributed by atoms with Gasteiger partial charge in [-0.1, -0.05) is 0 Å². The van der Waals surface area contributed by atoms with Crippen molar-refractivity contribution in [2.45, 2.75) is 64.7 Å². The molecule has 86 valence electrons. The van der Waals surface area contributed by atoms with Crippen molar-refractivity contribution >= 4 is 5.91 Å². The maximum absolute atomic E-state index is 11.5. The van der Waals surface area contributed by atoms with Gasteiger partial charge in [0.2, 0.25) is 5.91 Å². The van der Waals surface area contributed by atoms with Crippen LogP contribution in [0.2, 0.25) is 0 Å². The normalized spacial score (nSPS) is 42.2. The fraction of sp³-hybridized carbons (Fsp3) is 0.917. The molecule has 2 atom stereocenters. The summed E-state index contributed by atoms with van der Waals surface area (Å²) in [7, 11) is 0. The standard InChI is InChI=1S/C12H21NO2/c1-8-12(6-9(14)13-8)7-10(2,3)15-11(12,4)5/h8H,6-7H2,1-5H3,(H,13,14). The summed E-state index contributed by atoms with van der Waals surface area (Å²) < 4.78 is 6.10. The zero-order valence-electron chi connectivity index (χ0n) is 10.3. The van der Waals surface area contributed by atoms with Crippen molar-refractivity contribution in [2.24, 2.45) is 5.41 Å². The number of carbonyl (C=O) groups is 1. The van der Waals surface area contributed by atoms with Crippen LogP contribution in [0.4, 0.5) is 0 Å². The second-order valence-corrected chi connectivity index (χ2v) is 6.17. The highest BCUT2D eigenvalue weighted by atomic mass is 16.5. The lowest BCUT2D eigenvalue weighted by molar-refractivity contribution is -0.121. The van der Waals surface area contributed by atoms with Gasteiger partial charge in [0.25, 0.3) is 0 Å². The van der Waals surface area contributed by atoms with E-state index in [1.54, 1.807) is 0 Å². The van der Waals surface area contributed by atoms with E-state index in [2.05, 4.69) is 39.9 Å². The molecule has 0 radical (unpaired) electrons. The molecular formula is C12H21NO2. The molecular weight excluding hydrogens is 190 g/mol. The summed E-state index contributed by atoms with van der Waals surface area (Å²) in [5.41, 5.74) is -0.382. The molecule has 3 nitrogen and oxygen atoms in total. The smallest absolute Gasteiger partial charge is 0.220 e. The Kier molecular flexibility index (Phi) is 2.01. The lowest BCUT2D eigenvalue weighted by atomic mass is 9.66. The van der Waals surface area contributed by atoms with Crippen LogP contribution in [0, 0.1) is 5.41 Å². The topological polar surface area (TPSA) is 38.3 Å². The van der Waals surface area contributed by atoms with Crippen molar-refractivity contribution in [3.63, 3.8) is 0 Å². The van der Waals surface area contributed by atoms with Gasteiger partial charge >= 0.3 is 0 Å². The van der Waals surface area contributed by atoms with Crippen molar-refractivity contribution in [1.29, 1.82) is 0 Å². The molecule has 0 aromatic rings. The van der Waals surface area contributed by atoms with Crippen LogP contribution in [-0.2, 0) is 9.53 Å². The first-order chi connectivity index (χ1) is 6.69. The monoisotopic (exact) mass is 211 g/mol. The Morgan fingerprint density at radius 1 is 1.33 bits per heavy atom. The van der Waals surface area contributed by atoms with Gasteiger partial charge in [-0.15, -0.1) is 0 Å². The molecule has 2 aliphatic heterocycles. The Balaban J connectivity index is 2.40. The van der Waals surface area contributed by atoms with Crippen molar-refractivity contribution in [1.82, 2.24) is 5.32 Å². The predicted octanol–water partition coefficient (Wildman–Crippen LogP) is 1.86. The Morgan fingerprint density at radius 2 is 1.93 bits per heavy atom. The highest BCUT2D eigenvalue weighted by Gasteiger charge is 2.62. The highest BCUT2D eigenvalue weighted by molar-refractivity contribution is 5.80. The molecule has 2 aliphatic rings. The molecule has 0 aromatic carbocycles. The first-order valence-corrected chi connectivity index (χ1v) is 5.68. The zero-order valence-corrected chi connectivity index (χ0v) is 10.3. The number of nitrogens with one attached hydrogen (secondary N) is 1. The van der Waals surface area contributed by atoms with E-state index in [0.29, 0.717) is 6.42 Å². The summed E-state index contributed by atoms with van der Waals surface area (Å²) in [4.78, 5) is 11.5. The maximum Gasteiger partial charge on any atom is 0.220 e. The van der Waals surface area contributed by atoms with Gasteiger partial charge in [0, 0.05) is 17.9 Å². The number of carbonyl (C=O) groups excluding carboxylic acids is 1. The van der Waals surface area contributed by atoms with Crippen LogP contribution in [0.1, 0.15) is 47.5 Å². The van der Waals surface area contributed by atoms with Gasteiger partial charge in [0.1, 0.15) is 0 Å². The third-order valence-electron chi connectivity index (χ3n) is 4.15. The Labute approximate surface area is 91.6 Å². The summed E-state index contributed by atoms with van der Waals surface area (Å²) in [6, 6.07) is 0.210. The Hall–Kier alpha value is -0.570. The van der Waals surface area contributed by atoms with Crippen LogP contribution < -0.4 is 5.32 Å². The fourth-order valence-corrected chi connectivity index (χ4v) is 3.62. The lowest BCUT2D eigenvalue weighted by Gasteiger charge is -2.38. The first-order valence-electron chi connectivity index (χ1n) is 5.68. The molecule has 2 rings (SSSR count). The van der Waals surface area contributed by atoms with Crippen LogP contribution in [0.3, 0.4) is 0 Å². The van der Waals surface area contributed by atoms with Crippen molar-refractivity contribution in [3.05, 3.63) is 0 Å². The first kappa shape index (κ1) is 10.9. The largest absolute Gasteiger partial charge is 0.369 e. The lowest BCUT2D eigenvalue weighted by Crippen LogP contribution is -2.46. The second-order valence-electron chi connectivity index (χ2n) is 6.17. The van der Waals surface area contributed by atoms with Gasteiger partial charge < -0.3 is 10.1 Å². The predicted molar refractivity (Wildman–Crippen MR) is 58.5 cm³/mol. The van der Waals surface area contributed by atoms with Gasteiger partial charge in [0.05, 0.1) is 11.2 Å². The number of ether oxygens (including phenoxy) is 1. The Bertz CT molecular complexity index is 309. The van der Waals surface area contributed by atoms with Crippen LogP contribution in [0.25, 0.3) is 0 Å². The third kappa shape index (κ3) is 1.40. The van der Waals surface area contributed by atoms with E-state index in [-0.39, 0.29) is 28.6 Å². The molecule has 0 aliphatic carbocycles. The fourth-order valence-electron chi connectivity index (χ4n) is 3.62. The molecule has 2 heterocycles. The van der Waals surface area contributed by atoms with Gasteiger partial charge in [0.15, 0.2) is 0 Å². The number of rotatable bonds is 0. The molecule has 3 heteroatoms. The van der Waals surface area contributed by atoms with E-state index in [1.165, 1.54) is 0 Å². The number of hydrogen-bond acceptors (Lipinski definition) is 2. The highest BCUT2D eigenvalue weighted by Crippen LogP contribution is 2.56. The summed E-state index contributed by atoms with van der Waals surface area (Å²) in [6.07, 6.45) is 1.55. The van der Waals surface area contributed by atoms with Crippen LogP contribution >= 0.6 is 0 Å². The minimum Gasteiger partial charge on any atom is -0.369 e. The quantitative estimate of drug-likeness (QED) is 0.664. The van der Waals surface area contributed by atoms with E-state index in [9.17, 15) is 4.79 Å². The molecule has 1 spiro atoms. The molecule has 15 heavy (non-hydrogen) atoms. The summed E-state index contributed by atoms with van der Waals surface area (Å²) in [5, 5.41) is 3.02. The molecule has 0 bridgehead atoms. The van der Waals surface area contributed by atoms with Crippen molar-refractivity contribution in [3.8, 4) is 0 Å². The number of hydrogen-bond donors (Lipinski definition) is 1. The number of amides is 1. The van der Waals surface area contributed by atoms with Crippen LogP contribution in [-0.4, -0.2) is 23.2 Å². The van der Waals surface area contributed by atoms with Crippen molar-refractivity contribution in [2.75, 3.05) is 0 Å². The van der Waals surface area contributed by atoms with Gasteiger partial charge in [-0.3, -0.25) is 4.79 Å². The minimum atomic E-state index is -0.227.